The summed E-state index contributed by atoms with van der Waals surface area (Å²) in [5, 5.41) is 15.8. The lowest BCUT2D eigenvalue weighted by Gasteiger charge is -2.21. The Hall–Kier alpha value is -0.120. The van der Waals surface area contributed by atoms with E-state index >= 15 is 0 Å². The molecule has 1 aliphatic rings. The van der Waals surface area contributed by atoms with Gasteiger partial charge in [-0.2, -0.15) is 0 Å². The third-order valence-corrected chi connectivity index (χ3v) is 2.99. The summed E-state index contributed by atoms with van der Waals surface area (Å²) in [6.07, 6.45) is 2.59. The quantitative estimate of drug-likeness (QED) is 0.580. The van der Waals surface area contributed by atoms with Gasteiger partial charge in [0.15, 0.2) is 0 Å². The molecule has 3 N–H and O–H groups in total. The van der Waals surface area contributed by atoms with E-state index in [4.69, 9.17) is 5.11 Å². The Morgan fingerprint density at radius 3 is 2.85 bits per heavy atom. The van der Waals surface area contributed by atoms with E-state index in [1.165, 1.54) is 12.8 Å². The molecule has 0 aromatic heterocycles. The Kier molecular flexibility index (Phi) is 4.70. The number of rotatable bonds is 5. The molecule has 1 saturated heterocycles. The van der Waals surface area contributed by atoms with Crippen LogP contribution in [-0.4, -0.2) is 36.9 Å². The van der Waals surface area contributed by atoms with Crippen LogP contribution in [0.25, 0.3) is 0 Å². The van der Waals surface area contributed by atoms with Crippen LogP contribution in [0.15, 0.2) is 0 Å². The molecule has 0 spiro atoms. The van der Waals surface area contributed by atoms with Crippen LogP contribution < -0.4 is 10.6 Å². The molecule has 13 heavy (non-hydrogen) atoms. The third kappa shape index (κ3) is 3.63. The molecule has 0 aliphatic carbocycles. The molecule has 0 aromatic carbocycles. The first-order valence-corrected chi connectivity index (χ1v) is 5.31. The standard InChI is InChI=1S/C10H22N2O/c1-8(7-13)9(2)12-6-10-4-3-5-11-10/h8-13H,3-7H2,1-2H3. The van der Waals surface area contributed by atoms with Gasteiger partial charge in [0.05, 0.1) is 0 Å². The van der Waals surface area contributed by atoms with Gasteiger partial charge in [0.1, 0.15) is 0 Å². The van der Waals surface area contributed by atoms with Crippen molar-refractivity contribution < 1.29 is 5.11 Å². The molecule has 1 aliphatic heterocycles. The second kappa shape index (κ2) is 5.58. The molecular formula is C10H22N2O. The fourth-order valence-corrected chi connectivity index (χ4v) is 1.62. The van der Waals surface area contributed by atoms with Gasteiger partial charge in [-0.15, -0.1) is 0 Å². The van der Waals surface area contributed by atoms with E-state index in [-0.39, 0.29) is 6.61 Å². The maximum absolute atomic E-state index is 8.94. The Morgan fingerprint density at radius 1 is 1.54 bits per heavy atom. The molecule has 3 unspecified atom stereocenters. The van der Waals surface area contributed by atoms with Gasteiger partial charge in [0.25, 0.3) is 0 Å². The van der Waals surface area contributed by atoms with Crippen molar-refractivity contribution in [3.8, 4) is 0 Å². The smallest absolute Gasteiger partial charge is 0.0471 e. The summed E-state index contributed by atoms with van der Waals surface area (Å²) in [7, 11) is 0. The van der Waals surface area contributed by atoms with Crippen LogP contribution >= 0.6 is 0 Å². The second-order valence-electron chi connectivity index (χ2n) is 4.15. The van der Waals surface area contributed by atoms with Gasteiger partial charge in [-0.25, -0.2) is 0 Å². The molecule has 78 valence electrons. The Morgan fingerprint density at radius 2 is 2.31 bits per heavy atom. The van der Waals surface area contributed by atoms with Gasteiger partial charge in [0, 0.05) is 25.2 Å². The first kappa shape index (κ1) is 11.0. The van der Waals surface area contributed by atoms with Gasteiger partial charge in [-0.05, 0) is 32.2 Å². The highest BCUT2D eigenvalue weighted by Crippen LogP contribution is 2.05. The first-order chi connectivity index (χ1) is 6.24. The fourth-order valence-electron chi connectivity index (χ4n) is 1.62. The van der Waals surface area contributed by atoms with Crippen molar-refractivity contribution in [2.75, 3.05) is 19.7 Å². The number of aliphatic hydroxyl groups is 1. The van der Waals surface area contributed by atoms with E-state index in [1.807, 2.05) is 0 Å². The molecule has 0 aromatic rings. The van der Waals surface area contributed by atoms with E-state index in [0.717, 1.165) is 13.1 Å². The minimum atomic E-state index is 0.270. The van der Waals surface area contributed by atoms with Crippen LogP contribution in [0.5, 0.6) is 0 Å². The van der Waals surface area contributed by atoms with Crippen LogP contribution in [0.4, 0.5) is 0 Å². The van der Waals surface area contributed by atoms with E-state index in [1.54, 1.807) is 0 Å². The van der Waals surface area contributed by atoms with Crippen LogP contribution in [0.2, 0.25) is 0 Å². The summed E-state index contributed by atoms with van der Waals surface area (Å²) in [6, 6.07) is 1.06. The van der Waals surface area contributed by atoms with Gasteiger partial charge >= 0.3 is 0 Å². The normalized spacial score (nSPS) is 27.5. The fraction of sp³-hybridized carbons (Fsp3) is 1.00. The maximum atomic E-state index is 8.94. The largest absolute Gasteiger partial charge is 0.396 e. The molecule has 1 heterocycles. The number of hydrogen-bond acceptors (Lipinski definition) is 3. The van der Waals surface area contributed by atoms with Crippen molar-refractivity contribution >= 4 is 0 Å². The Balaban J connectivity index is 2.10. The molecule has 3 heteroatoms. The SMILES string of the molecule is CC(CO)C(C)NCC1CCCN1. The minimum absolute atomic E-state index is 0.270. The minimum Gasteiger partial charge on any atom is -0.396 e. The zero-order valence-corrected chi connectivity index (χ0v) is 8.71. The second-order valence-corrected chi connectivity index (χ2v) is 4.15. The lowest BCUT2D eigenvalue weighted by Crippen LogP contribution is -2.41. The Labute approximate surface area is 80.9 Å². The summed E-state index contributed by atoms with van der Waals surface area (Å²) >= 11 is 0. The van der Waals surface area contributed by atoms with Crippen molar-refractivity contribution in [1.29, 1.82) is 0 Å². The van der Waals surface area contributed by atoms with Crippen molar-refractivity contribution in [3.05, 3.63) is 0 Å². The predicted octanol–water partition coefficient (Wildman–Crippen LogP) is 0.345. The summed E-state index contributed by atoms with van der Waals surface area (Å²) in [6.45, 7) is 6.67. The van der Waals surface area contributed by atoms with E-state index in [9.17, 15) is 0 Å². The molecule has 0 bridgehead atoms. The highest BCUT2D eigenvalue weighted by atomic mass is 16.3. The molecule has 0 radical (unpaired) electrons. The van der Waals surface area contributed by atoms with Gasteiger partial charge < -0.3 is 15.7 Å². The molecule has 1 rings (SSSR count). The van der Waals surface area contributed by atoms with Crippen LogP contribution in [0.1, 0.15) is 26.7 Å². The molecule has 3 nitrogen and oxygen atoms in total. The zero-order chi connectivity index (χ0) is 9.68. The first-order valence-electron chi connectivity index (χ1n) is 5.31. The summed E-state index contributed by atoms with van der Waals surface area (Å²) < 4.78 is 0. The van der Waals surface area contributed by atoms with E-state index in [0.29, 0.717) is 18.0 Å². The van der Waals surface area contributed by atoms with Crippen LogP contribution in [0, 0.1) is 5.92 Å². The molecule has 0 amide bonds. The lowest BCUT2D eigenvalue weighted by atomic mass is 10.0. The highest BCUT2D eigenvalue weighted by Gasteiger charge is 2.16. The zero-order valence-electron chi connectivity index (χ0n) is 8.71. The number of hydrogen-bond donors (Lipinski definition) is 3. The van der Waals surface area contributed by atoms with Gasteiger partial charge in [-0.1, -0.05) is 6.92 Å². The molecule has 1 fully saturated rings. The number of aliphatic hydroxyl groups excluding tert-OH is 1. The van der Waals surface area contributed by atoms with Gasteiger partial charge in [0.2, 0.25) is 0 Å². The Bertz CT molecular complexity index is 135. The van der Waals surface area contributed by atoms with Crippen molar-refractivity contribution in [1.82, 2.24) is 10.6 Å². The van der Waals surface area contributed by atoms with Crippen molar-refractivity contribution in [3.63, 3.8) is 0 Å². The lowest BCUT2D eigenvalue weighted by molar-refractivity contribution is 0.206. The third-order valence-electron chi connectivity index (χ3n) is 2.99. The van der Waals surface area contributed by atoms with Gasteiger partial charge in [-0.3, -0.25) is 0 Å². The summed E-state index contributed by atoms with van der Waals surface area (Å²) in [5.41, 5.74) is 0. The topological polar surface area (TPSA) is 44.3 Å². The van der Waals surface area contributed by atoms with Crippen LogP contribution in [0.3, 0.4) is 0 Å². The molecule has 0 saturated carbocycles. The van der Waals surface area contributed by atoms with E-state index < -0.39 is 0 Å². The van der Waals surface area contributed by atoms with Crippen molar-refractivity contribution in [2.24, 2.45) is 5.92 Å². The molecule has 3 atom stereocenters. The van der Waals surface area contributed by atoms with Crippen LogP contribution in [-0.2, 0) is 0 Å². The monoisotopic (exact) mass is 186 g/mol. The summed E-state index contributed by atoms with van der Waals surface area (Å²) in [5.74, 6) is 0.349. The predicted molar refractivity (Wildman–Crippen MR) is 54.7 cm³/mol. The number of nitrogens with one attached hydrogen (secondary N) is 2. The average Bonchev–Trinajstić information content (AvgIpc) is 2.65. The van der Waals surface area contributed by atoms with Crippen molar-refractivity contribution in [2.45, 2.75) is 38.8 Å². The van der Waals surface area contributed by atoms with E-state index in [2.05, 4.69) is 24.5 Å². The maximum Gasteiger partial charge on any atom is 0.0471 e. The molecular weight excluding hydrogens is 164 g/mol. The average molecular weight is 186 g/mol. The highest BCUT2D eigenvalue weighted by molar-refractivity contribution is 4.78. The summed E-state index contributed by atoms with van der Waals surface area (Å²) in [4.78, 5) is 0.